The summed E-state index contributed by atoms with van der Waals surface area (Å²) in [6.07, 6.45) is 3.78. The molecule has 0 spiro atoms. The Morgan fingerprint density at radius 3 is 3.08 bits per heavy atom. The topological polar surface area (TPSA) is 45.2 Å². The number of hydrogen-bond acceptors (Lipinski definition) is 4. The maximum atomic E-state index is 12.8. The average Bonchev–Trinajstić information content (AvgIpc) is 3.13. The molecule has 1 amide bonds. The predicted molar refractivity (Wildman–Crippen MR) is 112 cm³/mol. The number of fused-ring (bicyclic) bond motifs is 1. The summed E-state index contributed by atoms with van der Waals surface area (Å²) in [5, 5.41) is 6.36. The molecule has 3 aromatic rings. The van der Waals surface area contributed by atoms with Crippen molar-refractivity contribution >= 4 is 54.8 Å². The zero-order chi connectivity index (χ0) is 18.1. The van der Waals surface area contributed by atoms with Crippen LogP contribution in [0.15, 0.2) is 46.4 Å². The Morgan fingerprint density at radius 2 is 2.23 bits per heavy atom. The first-order valence-corrected chi connectivity index (χ1v) is 10.4. The van der Waals surface area contributed by atoms with Crippen molar-refractivity contribution in [1.29, 1.82) is 0 Å². The fraction of sp³-hybridized carbons (Fsp3) is 0.300. The van der Waals surface area contributed by atoms with E-state index in [2.05, 4.69) is 42.6 Å². The Hall–Kier alpha value is -1.92. The van der Waals surface area contributed by atoms with Gasteiger partial charge in [-0.05, 0) is 61.0 Å². The second-order valence-corrected chi connectivity index (χ2v) is 8.51. The van der Waals surface area contributed by atoms with Crippen LogP contribution in [-0.4, -0.2) is 24.0 Å². The largest absolute Gasteiger partial charge is 0.355 e. The van der Waals surface area contributed by atoms with Crippen molar-refractivity contribution in [1.82, 2.24) is 4.98 Å². The predicted octanol–water partition coefficient (Wildman–Crippen LogP) is 5.22. The summed E-state index contributed by atoms with van der Waals surface area (Å²) < 4.78 is 2.29. The number of amides is 1. The first-order chi connectivity index (χ1) is 12.6. The van der Waals surface area contributed by atoms with E-state index in [1.807, 2.05) is 37.4 Å². The van der Waals surface area contributed by atoms with Crippen LogP contribution in [-0.2, 0) is 4.79 Å². The SMILES string of the molecule is Cc1cc(NC(=O)[C@@H]2CCCN(c3nccc4sccc34)C2)ccc1Br. The third-order valence-electron chi connectivity index (χ3n) is 4.88. The summed E-state index contributed by atoms with van der Waals surface area (Å²) in [5.41, 5.74) is 1.97. The number of nitrogens with one attached hydrogen (secondary N) is 1. The Morgan fingerprint density at radius 1 is 1.35 bits per heavy atom. The molecule has 0 unspecified atom stereocenters. The molecule has 26 heavy (non-hydrogen) atoms. The number of piperidine rings is 1. The van der Waals surface area contributed by atoms with Crippen molar-refractivity contribution in [3.63, 3.8) is 0 Å². The molecule has 1 aromatic carbocycles. The quantitative estimate of drug-likeness (QED) is 0.620. The van der Waals surface area contributed by atoms with Gasteiger partial charge in [0.15, 0.2) is 0 Å². The van der Waals surface area contributed by atoms with Crippen molar-refractivity contribution in [2.45, 2.75) is 19.8 Å². The molecule has 1 N–H and O–H groups in total. The molecular weight excluding hydrogens is 410 g/mol. The highest BCUT2D eigenvalue weighted by molar-refractivity contribution is 9.10. The van der Waals surface area contributed by atoms with Gasteiger partial charge in [-0.25, -0.2) is 4.98 Å². The Bertz CT molecular complexity index is 955. The molecule has 6 heteroatoms. The molecule has 0 saturated carbocycles. The molecule has 2 aromatic heterocycles. The van der Waals surface area contributed by atoms with Crippen LogP contribution in [0.5, 0.6) is 0 Å². The van der Waals surface area contributed by atoms with Crippen LogP contribution < -0.4 is 10.2 Å². The molecule has 1 aliphatic rings. The number of pyridine rings is 1. The van der Waals surface area contributed by atoms with E-state index in [-0.39, 0.29) is 11.8 Å². The summed E-state index contributed by atoms with van der Waals surface area (Å²) in [7, 11) is 0. The first kappa shape index (κ1) is 17.5. The number of rotatable bonds is 3. The number of anilines is 2. The number of thiophene rings is 1. The number of carbonyl (C=O) groups is 1. The number of carbonyl (C=O) groups excluding carboxylic acids is 1. The molecule has 0 aliphatic carbocycles. The van der Waals surface area contributed by atoms with Crippen molar-refractivity contribution in [3.05, 3.63) is 51.9 Å². The number of aromatic nitrogens is 1. The molecule has 134 valence electrons. The van der Waals surface area contributed by atoms with Crippen LogP contribution in [0.3, 0.4) is 0 Å². The maximum Gasteiger partial charge on any atom is 0.229 e. The molecule has 1 fully saturated rings. The number of benzene rings is 1. The van der Waals surface area contributed by atoms with Crippen LogP contribution in [0.1, 0.15) is 18.4 Å². The second kappa shape index (κ2) is 7.37. The lowest BCUT2D eigenvalue weighted by Gasteiger charge is -2.33. The summed E-state index contributed by atoms with van der Waals surface area (Å²) in [5.74, 6) is 1.07. The van der Waals surface area contributed by atoms with Crippen LogP contribution in [0.4, 0.5) is 11.5 Å². The molecule has 4 rings (SSSR count). The number of aryl methyl sites for hydroxylation is 1. The lowest BCUT2D eigenvalue weighted by atomic mass is 9.96. The maximum absolute atomic E-state index is 12.8. The molecule has 0 bridgehead atoms. The zero-order valence-electron chi connectivity index (χ0n) is 14.5. The standard InChI is InChI=1S/C20H20BrN3OS/c1-13-11-15(4-5-17(13)21)23-20(25)14-3-2-9-24(12-14)19-16-7-10-26-18(16)6-8-22-19/h4-8,10-11,14H,2-3,9,12H2,1H3,(H,23,25)/t14-/m1/s1. The van der Waals surface area contributed by atoms with Crippen molar-refractivity contribution < 1.29 is 4.79 Å². The minimum absolute atomic E-state index is 0.0246. The summed E-state index contributed by atoms with van der Waals surface area (Å²) >= 11 is 5.22. The van der Waals surface area contributed by atoms with Crippen LogP contribution in [0.2, 0.25) is 0 Å². The van der Waals surface area contributed by atoms with E-state index in [0.717, 1.165) is 40.9 Å². The summed E-state index contributed by atoms with van der Waals surface area (Å²) in [6.45, 7) is 3.68. The van der Waals surface area contributed by atoms with Gasteiger partial charge in [0.05, 0.1) is 5.92 Å². The third-order valence-corrected chi connectivity index (χ3v) is 6.65. The second-order valence-electron chi connectivity index (χ2n) is 6.71. The molecule has 1 atom stereocenters. The molecular formula is C20H20BrN3OS. The fourth-order valence-corrected chi connectivity index (χ4v) is 4.51. The third kappa shape index (κ3) is 3.48. The molecule has 1 aliphatic heterocycles. The van der Waals surface area contributed by atoms with Gasteiger partial charge in [-0.2, -0.15) is 0 Å². The monoisotopic (exact) mass is 429 g/mol. The van der Waals surface area contributed by atoms with E-state index in [1.54, 1.807) is 11.3 Å². The molecule has 4 nitrogen and oxygen atoms in total. The highest BCUT2D eigenvalue weighted by Crippen LogP contribution is 2.31. The molecule has 3 heterocycles. The van der Waals surface area contributed by atoms with Gasteiger partial charge in [-0.15, -0.1) is 11.3 Å². The lowest BCUT2D eigenvalue weighted by Crippen LogP contribution is -2.41. The first-order valence-electron chi connectivity index (χ1n) is 8.76. The van der Waals surface area contributed by atoms with E-state index >= 15 is 0 Å². The smallest absolute Gasteiger partial charge is 0.229 e. The Balaban J connectivity index is 1.50. The minimum atomic E-state index is -0.0246. The van der Waals surface area contributed by atoms with E-state index < -0.39 is 0 Å². The highest BCUT2D eigenvalue weighted by atomic mass is 79.9. The van der Waals surface area contributed by atoms with Gasteiger partial charge in [0.2, 0.25) is 5.91 Å². The van der Waals surface area contributed by atoms with Crippen molar-refractivity contribution in [2.75, 3.05) is 23.3 Å². The van der Waals surface area contributed by atoms with Gasteiger partial charge >= 0.3 is 0 Å². The highest BCUT2D eigenvalue weighted by Gasteiger charge is 2.27. The van der Waals surface area contributed by atoms with Gasteiger partial charge in [-0.3, -0.25) is 4.79 Å². The van der Waals surface area contributed by atoms with Gasteiger partial charge in [0.1, 0.15) is 5.82 Å². The van der Waals surface area contributed by atoms with E-state index in [0.29, 0.717) is 6.54 Å². The van der Waals surface area contributed by atoms with Crippen molar-refractivity contribution in [3.8, 4) is 0 Å². The van der Waals surface area contributed by atoms with E-state index in [4.69, 9.17) is 0 Å². The number of hydrogen-bond donors (Lipinski definition) is 1. The Labute approximate surface area is 165 Å². The zero-order valence-corrected chi connectivity index (χ0v) is 16.9. The van der Waals surface area contributed by atoms with Gasteiger partial charge in [0.25, 0.3) is 0 Å². The fourth-order valence-electron chi connectivity index (χ4n) is 3.48. The summed E-state index contributed by atoms with van der Waals surface area (Å²) in [6, 6.07) is 10.1. The summed E-state index contributed by atoms with van der Waals surface area (Å²) in [4.78, 5) is 19.6. The average molecular weight is 430 g/mol. The number of halogens is 1. The van der Waals surface area contributed by atoms with Crippen LogP contribution in [0.25, 0.3) is 10.1 Å². The van der Waals surface area contributed by atoms with Crippen LogP contribution >= 0.6 is 27.3 Å². The van der Waals surface area contributed by atoms with Gasteiger partial charge < -0.3 is 10.2 Å². The number of nitrogens with zero attached hydrogens (tertiary/aromatic N) is 2. The lowest BCUT2D eigenvalue weighted by molar-refractivity contribution is -0.120. The van der Waals surface area contributed by atoms with E-state index in [1.165, 1.54) is 10.1 Å². The minimum Gasteiger partial charge on any atom is -0.355 e. The van der Waals surface area contributed by atoms with Crippen molar-refractivity contribution in [2.24, 2.45) is 5.92 Å². The molecule has 0 radical (unpaired) electrons. The van der Waals surface area contributed by atoms with Gasteiger partial charge in [0, 0.05) is 39.5 Å². The van der Waals surface area contributed by atoms with Gasteiger partial charge in [-0.1, -0.05) is 15.9 Å². The Kier molecular flexibility index (Phi) is 4.96. The van der Waals surface area contributed by atoms with Crippen LogP contribution in [0, 0.1) is 12.8 Å². The van der Waals surface area contributed by atoms with E-state index in [9.17, 15) is 4.79 Å². The normalized spacial score (nSPS) is 17.5. The molecule has 1 saturated heterocycles.